The zero-order chi connectivity index (χ0) is 12.5. The van der Waals surface area contributed by atoms with E-state index in [1.807, 2.05) is 0 Å². The Morgan fingerprint density at radius 3 is 2.94 bits per heavy atom. The van der Waals surface area contributed by atoms with Gasteiger partial charge < -0.3 is 13.8 Å². The fourth-order valence-electron chi connectivity index (χ4n) is 1.75. The topological polar surface area (TPSA) is 44.8 Å². The lowest BCUT2D eigenvalue weighted by Crippen LogP contribution is -2.14. The van der Waals surface area contributed by atoms with Gasteiger partial charge in [0.15, 0.2) is 0 Å². The Morgan fingerprint density at radius 1 is 1.53 bits per heavy atom. The summed E-state index contributed by atoms with van der Waals surface area (Å²) in [4.78, 5) is 0. The van der Waals surface area contributed by atoms with Crippen LogP contribution in [-0.2, 0) is 13.6 Å². The minimum Gasteiger partial charge on any atom is -0.497 e. The molecule has 1 aromatic rings. The van der Waals surface area contributed by atoms with Gasteiger partial charge in [-0.05, 0) is 18.2 Å². The molecule has 17 heavy (non-hydrogen) atoms. The highest BCUT2D eigenvalue weighted by molar-refractivity contribution is 7.53. The Hall–Kier alpha value is -0.900. The molecule has 0 aromatic heterocycles. The van der Waals surface area contributed by atoms with E-state index in [-0.39, 0.29) is 0 Å². The highest BCUT2D eigenvalue weighted by atomic mass is 31.2. The average molecular weight is 260 g/mol. The van der Waals surface area contributed by atoms with Gasteiger partial charge in [0.1, 0.15) is 11.6 Å². The lowest BCUT2D eigenvalue weighted by molar-refractivity contribution is 0.0821. The Kier molecular flexibility index (Phi) is 3.52. The van der Waals surface area contributed by atoms with Crippen molar-refractivity contribution in [3.8, 4) is 5.75 Å². The van der Waals surface area contributed by atoms with E-state index < -0.39 is 19.5 Å². The largest absolute Gasteiger partial charge is 0.497 e. The van der Waals surface area contributed by atoms with Crippen molar-refractivity contribution < 1.29 is 22.7 Å². The first kappa shape index (κ1) is 12.6. The van der Waals surface area contributed by atoms with E-state index in [0.717, 1.165) is 0 Å². The Morgan fingerprint density at radius 2 is 2.29 bits per heavy atom. The number of rotatable bonds is 2. The maximum absolute atomic E-state index is 13.7. The van der Waals surface area contributed by atoms with Crippen LogP contribution in [0.15, 0.2) is 18.2 Å². The summed E-state index contributed by atoms with van der Waals surface area (Å²) >= 11 is 0. The van der Waals surface area contributed by atoms with Crippen LogP contribution in [0.5, 0.6) is 5.75 Å². The van der Waals surface area contributed by atoms with Gasteiger partial charge in [0, 0.05) is 18.6 Å². The van der Waals surface area contributed by atoms with Crippen molar-refractivity contribution in [2.75, 3.05) is 20.4 Å². The second-order valence-corrected chi connectivity index (χ2v) is 5.89. The van der Waals surface area contributed by atoms with Crippen molar-refractivity contribution in [2.24, 2.45) is 0 Å². The van der Waals surface area contributed by atoms with Gasteiger partial charge in [-0.1, -0.05) is 0 Å². The smallest absolute Gasteiger partial charge is 0.328 e. The molecule has 0 aliphatic carbocycles. The highest BCUT2D eigenvalue weighted by Gasteiger charge is 2.31. The lowest BCUT2D eigenvalue weighted by Gasteiger charge is -2.28. The normalized spacial score (nSPS) is 29.0. The van der Waals surface area contributed by atoms with Crippen molar-refractivity contribution in [1.82, 2.24) is 0 Å². The Labute approximate surface area is 99.2 Å². The third kappa shape index (κ3) is 2.86. The number of methoxy groups -OCH3 is 1. The number of ether oxygens (including phenoxy) is 1. The molecule has 2 unspecified atom stereocenters. The Balaban J connectivity index is 2.29. The molecule has 2 rings (SSSR count). The van der Waals surface area contributed by atoms with E-state index in [1.165, 1.54) is 25.9 Å². The lowest BCUT2D eigenvalue weighted by atomic mass is 10.1. The second kappa shape index (κ2) is 4.77. The zero-order valence-electron chi connectivity index (χ0n) is 9.68. The van der Waals surface area contributed by atoms with Crippen LogP contribution in [0.25, 0.3) is 0 Å². The van der Waals surface area contributed by atoms with Crippen molar-refractivity contribution in [3.05, 3.63) is 29.6 Å². The molecule has 0 amide bonds. The molecule has 1 fully saturated rings. The van der Waals surface area contributed by atoms with Gasteiger partial charge in [0.2, 0.25) is 0 Å². The molecule has 0 N–H and O–H groups in total. The standard InChI is InChI=1S/C11H14FO4P/c1-14-8-3-4-10(12)9(7-8)11-5-6-15-17(2,13)16-11/h3-4,7,11H,5-6H2,1-2H3. The number of halogens is 1. The maximum atomic E-state index is 13.7. The number of hydrogen-bond acceptors (Lipinski definition) is 4. The molecule has 0 bridgehead atoms. The van der Waals surface area contributed by atoms with E-state index in [0.29, 0.717) is 24.3 Å². The van der Waals surface area contributed by atoms with Gasteiger partial charge in [-0.25, -0.2) is 4.39 Å². The molecule has 94 valence electrons. The van der Waals surface area contributed by atoms with Crippen LogP contribution >= 0.6 is 7.60 Å². The summed E-state index contributed by atoms with van der Waals surface area (Å²) < 4.78 is 40.7. The van der Waals surface area contributed by atoms with Crippen molar-refractivity contribution >= 4 is 7.60 Å². The molecular formula is C11H14FO4P. The molecule has 0 spiro atoms. The SMILES string of the molecule is COc1ccc(F)c(C2CCOP(C)(=O)O2)c1. The first-order valence-electron chi connectivity index (χ1n) is 5.26. The summed E-state index contributed by atoms with van der Waals surface area (Å²) in [5, 5.41) is 0. The predicted octanol–water partition coefficient (Wildman–Crippen LogP) is 3.14. The summed E-state index contributed by atoms with van der Waals surface area (Å²) in [5.74, 6) is 0.153. The van der Waals surface area contributed by atoms with Gasteiger partial charge >= 0.3 is 7.60 Å². The average Bonchev–Trinajstić information content (AvgIpc) is 2.28. The maximum Gasteiger partial charge on any atom is 0.328 e. The molecule has 1 aliphatic heterocycles. The highest BCUT2D eigenvalue weighted by Crippen LogP contribution is 2.53. The van der Waals surface area contributed by atoms with Crippen LogP contribution in [0.4, 0.5) is 4.39 Å². The van der Waals surface area contributed by atoms with E-state index in [4.69, 9.17) is 13.8 Å². The second-order valence-electron chi connectivity index (χ2n) is 3.87. The van der Waals surface area contributed by atoms with Gasteiger partial charge in [0.25, 0.3) is 0 Å². The van der Waals surface area contributed by atoms with E-state index in [9.17, 15) is 8.96 Å². The molecule has 2 atom stereocenters. The molecular weight excluding hydrogens is 246 g/mol. The van der Waals surface area contributed by atoms with Gasteiger partial charge in [-0.15, -0.1) is 0 Å². The van der Waals surface area contributed by atoms with Crippen LogP contribution in [0.3, 0.4) is 0 Å². The van der Waals surface area contributed by atoms with Gasteiger partial charge in [-0.3, -0.25) is 4.57 Å². The zero-order valence-corrected chi connectivity index (χ0v) is 10.6. The predicted molar refractivity (Wildman–Crippen MR) is 60.9 cm³/mol. The third-order valence-electron chi connectivity index (χ3n) is 2.57. The number of hydrogen-bond donors (Lipinski definition) is 0. The first-order valence-corrected chi connectivity index (χ1v) is 7.25. The molecule has 1 saturated heterocycles. The molecule has 1 aromatic carbocycles. The van der Waals surface area contributed by atoms with Crippen LogP contribution in [0, 0.1) is 5.82 Å². The fourth-order valence-corrected chi connectivity index (χ4v) is 2.93. The van der Waals surface area contributed by atoms with Crippen LogP contribution < -0.4 is 4.74 Å². The Bertz CT molecular complexity index is 463. The van der Waals surface area contributed by atoms with Crippen LogP contribution in [-0.4, -0.2) is 20.4 Å². The summed E-state index contributed by atoms with van der Waals surface area (Å²) in [7, 11) is -1.55. The molecule has 6 heteroatoms. The van der Waals surface area contributed by atoms with Crippen LogP contribution in [0.2, 0.25) is 0 Å². The van der Waals surface area contributed by atoms with E-state index in [2.05, 4.69) is 0 Å². The molecule has 0 saturated carbocycles. The summed E-state index contributed by atoms with van der Waals surface area (Å²) in [6, 6.07) is 4.41. The van der Waals surface area contributed by atoms with E-state index in [1.54, 1.807) is 6.07 Å². The monoisotopic (exact) mass is 260 g/mol. The van der Waals surface area contributed by atoms with Crippen molar-refractivity contribution in [1.29, 1.82) is 0 Å². The van der Waals surface area contributed by atoms with E-state index >= 15 is 0 Å². The van der Waals surface area contributed by atoms with Crippen molar-refractivity contribution in [3.63, 3.8) is 0 Å². The quantitative estimate of drug-likeness (QED) is 0.766. The summed E-state index contributed by atoms with van der Waals surface area (Å²) in [5.41, 5.74) is 0.356. The summed E-state index contributed by atoms with van der Waals surface area (Å²) in [6.07, 6.45) is -0.0725. The molecule has 1 heterocycles. The molecule has 0 radical (unpaired) electrons. The molecule has 1 aliphatic rings. The minimum atomic E-state index is -3.06. The third-order valence-corrected chi connectivity index (χ3v) is 3.86. The van der Waals surface area contributed by atoms with Gasteiger partial charge in [-0.2, -0.15) is 0 Å². The fraction of sp³-hybridized carbons (Fsp3) is 0.455. The van der Waals surface area contributed by atoms with Crippen LogP contribution in [0.1, 0.15) is 18.1 Å². The van der Waals surface area contributed by atoms with Gasteiger partial charge in [0.05, 0.1) is 19.8 Å². The number of benzene rings is 1. The summed E-state index contributed by atoms with van der Waals surface area (Å²) in [6.45, 7) is 1.69. The first-order chi connectivity index (χ1) is 8.02. The van der Waals surface area contributed by atoms with Crippen molar-refractivity contribution in [2.45, 2.75) is 12.5 Å². The minimum absolute atomic E-state index is 0.301. The molecule has 4 nitrogen and oxygen atoms in total.